The number of carbonyl (C=O) groups is 1. The third-order valence-corrected chi connectivity index (χ3v) is 6.77. The molecule has 0 radical (unpaired) electrons. The topological polar surface area (TPSA) is 67.2 Å². The first kappa shape index (κ1) is 24.7. The Kier molecular flexibility index (Phi) is 8.21. The van der Waals surface area contributed by atoms with E-state index in [0.29, 0.717) is 39.4 Å². The number of furan rings is 1. The van der Waals surface area contributed by atoms with Gasteiger partial charge in [0.1, 0.15) is 5.76 Å². The van der Waals surface area contributed by atoms with Gasteiger partial charge in [0.05, 0.1) is 36.4 Å². The summed E-state index contributed by atoms with van der Waals surface area (Å²) in [6, 6.07) is 12.2. The number of benzene rings is 2. The van der Waals surface area contributed by atoms with Crippen LogP contribution in [0.4, 0.5) is 10.5 Å². The van der Waals surface area contributed by atoms with Crippen molar-refractivity contribution in [3.63, 3.8) is 0 Å². The van der Waals surface area contributed by atoms with Gasteiger partial charge >= 0.3 is 6.03 Å². The zero-order valence-electron chi connectivity index (χ0n) is 19.4. The van der Waals surface area contributed by atoms with E-state index in [4.69, 9.17) is 37.1 Å². The molecule has 1 aliphatic rings. The summed E-state index contributed by atoms with van der Waals surface area (Å²) in [5.74, 6) is 1.35. The Hall–Kier alpha value is -2.45. The summed E-state index contributed by atoms with van der Waals surface area (Å²) in [4.78, 5) is 17.5. The van der Waals surface area contributed by atoms with Crippen molar-refractivity contribution in [1.82, 2.24) is 9.80 Å². The Morgan fingerprint density at radius 1 is 1.18 bits per heavy atom. The number of rotatable bonds is 8. The predicted octanol–water partition coefficient (Wildman–Crippen LogP) is 6.07. The fraction of sp³-hybridized carbons (Fsp3) is 0.400. The monoisotopic (exact) mass is 505 g/mol. The van der Waals surface area contributed by atoms with Gasteiger partial charge in [-0.15, -0.1) is 0 Å². The predicted molar refractivity (Wildman–Crippen MR) is 135 cm³/mol. The molecule has 0 spiro atoms. The number of morpholine rings is 1. The van der Waals surface area contributed by atoms with Crippen LogP contribution in [0.1, 0.15) is 25.1 Å². The lowest BCUT2D eigenvalue weighted by Gasteiger charge is -2.31. The molecule has 2 aromatic carbocycles. The molecule has 0 aliphatic carbocycles. The molecule has 2 amide bonds. The number of halogens is 2. The maximum Gasteiger partial charge on any atom is 0.322 e. The van der Waals surface area contributed by atoms with Crippen molar-refractivity contribution in [2.24, 2.45) is 0 Å². The maximum absolute atomic E-state index is 13.4. The van der Waals surface area contributed by atoms with Crippen LogP contribution >= 0.6 is 23.2 Å². The molecule has 0 bridgehead atoms. The van der Waals surface area contributed by atoms with Gasteiger partial charge in [-0.3, -0.25) is 4.90 Å². The summed E-state index contributed by atoms with van der Waals surface area (Å²) in [6.07, 6.45) is 0.822. The second-order valence-corrected chi connectivity index (χ2v) is 9.08. The van der Waals surface area contributed by atoms with Crippen molar-refractivity contribution in [3.05, 3.63) is 58.3 Å². The minimum Gasteiger partial charge on any atom is -0.493 e. The largest absolute Gasteiger partial charge is 0.493 e. The van der Waals surface area contributed by atoms with E-state index in [-0.39, 0.29) is 12.1 Å². The highest BCUT2D eigenvalue weighted by Crippen LogP contribution is 2.33. The lowest BCUT2D eigenvalue weighted by molar-refractivity contribution is 0.0361. The summed E-state index contributed by atoms with van der Waals surface area (Å²) < 4.78 is 17.0. The lowest BCUT2D eigenvalue weighted by atomic mass is 10.2. The van der Waals surface area contributed by atoms with Crippen LogP contribution in [0.15, 0.2) is 46.9 Å². The number of nitrogens with one attached hydrogen (secondary N) is 1. The van der Waals surface area contributed by atoms with Crippen LogP contribution in [0, 0.1) is 0 Å². The summed E-state index contributed by atoms with van der Waals surface area (Å²) >= 11 is 12.2. The first-order valence-electron chi connectivity index (χ1n) is 11.4. The smallest absolute Gasteiger partial charge is 0.322 e. The molecule has 1 aliphatic heterocycles. The van der Waals surface area contributed by atoms with Crippen molar-refractivity contribution >= 4 is 45.9 Å². The molecular formula is C25H29Cl2N3O4. The van der Waals surface area contributed by atoms with Gasteiger partial charge in [-0.1, -0.05) is 35.3 Å². The third kappa shape index (κ3) is 5.78. The van der Waals surface area contributed by atoms with E-state index in [9.17, 15) is 4.79 Å². The van der Waals surface area contributed by atoms with Crippen LogP contribution in [-0.2, 0) is 4.74 Å². The summed E-state index contributed by atoms with van der Waals surface area (Å²) in [7, 11) is 1.61. The highest BCUT2D eigenvalue weighted by molar-refractivity contribution is 6.42. The van der Waals surface area contributed by atoms with Gasteiger partial charge < -0.3 is 24.1 Å². The van der Waals surface area contributed by atoms with E-state index in [0.717, 1.165) is 44.7 Å². The number of methoxy groups -OCH3 is 1. The first-order chi connectivity index (χ1) is 16.5. The van der Waals surface area contributed by atoms with Gasteiger partial charge in [0.15, 0.2) is 11.3 Å². The number of urea groups is 1. The number of carbonyl (C=O) groups excluding carboxylic acids is 1. The quantitative estimate of drug-likeness (QED) is 0.402. The molecule has 182 valence electrons. The molecule has 1 N–H and O–H groups in total. The molecule has 9 heteroatoms. The maximum atomic E-state index is 13.4. The minimum absolute atomic E-state index is 0.236. The molecule has 7 nitrogen and oxygen atoms in total. The molecule has 1 unspecified atom stereocenters. The van der Waals surface area contributed by atoms with Gasteiger partial charge in [-0.05, 0) is 43.7 Å². The van der Waals surface area contributed by atoms with Crippen molar-refractivity contribution in [1.29, 1.82) is 0 Å². The molecule has 34 heavy (non-hydrogen) atoms. The normalized spacial score (nSPS) is 15.3. The SMILES string of the molecule is COc1cccc2cc(C(C)N(CCCN3CCOCC3)C(=O)Nc3ccc(Cl)c(Cl)c3)oc12. The zero-order valence-corrected chi connectivity index (χ0v) is 20.9. The van der Waals surface area contributed by atoms with Crippen LogP contribution in [-0.4, -0.2) is 62.3 Å². The van der Waals surface area contributed by atoms with E-state index < -0.39 is 0 Å². The Morgan fingerprint density at radius 2 is 1.97 bits per heavy atom. The summed E-state index contributed by atoms with van der Waals surface area (Å²) in [5.41, 5.74) is 1.25. The molecule has 3 aromatic rings. The second-order valence-electron chi connectivity index (χ2n) is 8.26. The molecule has 2 heterocycles. The highest BCUT2D eigenvalue weighted by Gasteiger charge is 2.25. The number of hydrogen-bond acceptors (Lipinski definition) is 5. The minimum atomic E-state index is -0.301. The Bertz CT molecular complexity index is 1130. The number of nitrogens with zero attached hydrogens (tertiary/aromatic N) is 2. The van der Waals surface area contributed by atoms with Crippen molar-refractivity contribution in [2.45, 2.75) is 19.4 Å². The highest BCUT2D eigenvalue weighted by atomic mass is 35.5. The number of fused-ring (bicyclic) bond motifs is 1. The van der Waals surface area contributed by atoms with Crippen molar-refractivity contribution in [2.75, 3.05) is 51.8 Å². The number of anilines is 1. The summed E-state index contributed by atoms with van der Waals surface area (Å²) in [5, 5.41) is 4.70. The van der Waals surface area contributed by atoms with E-state index in [2.05, 4.69) is 10.2 Å². The fourth-order valence-corrected chi connectivity index (χ4v) is 4.40. The zero-order chi connectivity index (χ0) is 24.1. The van der Waals surface area contributed by atoms with E-state index in [1.165, 1.54) is 0 Å². The van der Waals surface area contributed by atoms with E-state index in [1.54, 1.807) is 30.2 Å². The number of ether oxygens (including phenoxy) is 2. The molecule has 1 atom stereocenters. The second kappa shape index (κ2) is 11.3. The van der Waals surface area contributed by atoms with Crippen LogP contribution in [0.5, 0.6) is 5.75 Å². The Balaban J connectivity index is 1.53. The van der Waals surface area contributed by atoms with Gasteiger partial charge in [-0.2, -0.15) is 0 Å². The van der Waals surface area contributed by atoms with Gasteiger partial charge in [0, 0.05) is 37.3 Å². The van der Waals surface area contributed by atoms with Crippen LogP contribution in [0.2, 0.25) is 10.0 Å². The number of para-hydroxylation sites is 1. The molecule has 1 saturated heterocycles. The lowest BCUT2D eigenvalue weighted by Crippen LogP contribution is -2.41. The number of hydrogen-bond donors (Lipinski definition) is 1. The fourth-order valence-electron chi connectivity index (χ4n) is 4.11. The van der Waals surface area contributed by atoms with Gasteiger partial charge in [0.25, 0.3) is 0 Å². The van der Waals surface area contributed by atoms with Crippen LogP contribution in [0.25, 0.3) is 11.0 Å². The molecule has 1 fully saturated rings. The summed E-state index contributed by atoms with van der Waals surface area (Å²) in [6.45, 7) is 6.73. The van der Waals surface area contributed by atoms with E-state index in [1.807, 2.05) is 31.2 Å². The van der Waals surface area contributed by atoms with Gasteiger partial charge in [0.2, 0.25) is 0 Å². The number of amides is 2. The van der Waals surface area contributed by atoms with Crippen LogP contribution in [0.3, 0.4) is 0 Å². The first-order valence-corrected chi connectivity index (χ1v) is 12.1. The van der Waals surface area contributed by atoms with E-state index >= 15 is 0 Å². The average Bonchev–Trinajstić information content (AvgIpc) is 3.29. The molecule has 0 saturated carbocycles. The Labute approximate surface area is 209 Å². The standard InChI is InChI=1S/C25H29Cl2N3O4/c1-17(23-15-18-5-3-6-22(32-2)24(18)34-23)30(10-4-9-29-11-13-33-14-12-29)25(31)28-19-7-8-20(26)21(27)16-19/h3,5-8,15-17H,4,9-14H2,1-2H3,(H,28,31). The molecule has 1 aromatic heterocycles. The third-order valence-electron chi connectivity index (χ3n) is 6.04. The average molecular weight is 506 g/mol. The van der Waals surface area contributed by atoms with Gasteiger partial charge in [-0.25, -0.2) is 4.79 Å². The van der Waals surface area contributed by atoms with Crippen molar-refractivity contribution < 1.29 is 18.7 Å². The Morgan fingerprint density at radius 3 is 2.71 bits per heavy atom. The molecular weight excluding hydrogens is 477 g/mol. The molecule has 4 rings (SSSR count). The van der Waals surface area contributed by atoms with Crippen LogP contribution < -0.4 is 10.1 Å². The van der Waals surface area contributed by atoms with Crippen molar-refractivity contribution in [3.8, 4) is 5.75 Å².